The van der Waals surface area contributed by atoms with Crippen LogP contribution >= 0.6 is 12.2 Å². The van der Waals surface area contributed by atoms with Gasteiger partial charge in [-0.2, -0.15) is 0 Å². The highest BCUT2D eigenvalue weighted by atomic mass is 32.1. The van der Waals surface area contributed by atoms with Crippen molar-refractivity contribution in [3.05, 3.63) is 95.2 Å². The van der Waals surface area contributed by atoms with Gasteiger partial charge in [0.2, 0.25) is 5.91 Å². The van der Waals surface area contributed by atoms with Crippen LogP contribution in [0.1, 0.15) is 47.2 Å². The Labute approximate surface area is 227 Å². The summed E-state index contributed by atoms with van der Waals surface area (Å²) in [4.78, 5) is 23.3. The van der Waals surface area contributed by atoms with Crippen molar-refractivity contribution >= 4 is 34.6 Å². The second-order valence-corrected chi connectivity index (χ2v) is 9.80. The van der Waals surface area contributed by atoms with Crippen molar-refractivity contribution < 1.29 is 9.53 Å². The number of thiocarbonyl (C=S) groups is 1. The average molecular weight is 527 g/mol. The third kappa shape index (κ3) is 4.61. The maximum absolute atomic E-state index is 11.9. The van der Waals surface area contributed by atoms with Crippen LogP contribution in [0.4, 0.5) is 11.4 Å². The number of amides is 1. The van der Waals surface area contributed by atoms with Crippen LogP contribution in [-0.4, -0.2) is 32.7 Å². The van der Waals surface area contributed by atoms with E-state index in [1.807, 2.05) is 55.6 Å². The first kappa shape index (κ1) is 25.4. The van der Waals surface area contributed by atoms with E-state index in [4.69, 9.17) is 17.0 Å². The van der Waals surface area contributed by atoms with Gasteiger partial charge < -0.3 is 24.8 Å². The minimum Gasteiger partial charge on any atom is -0.495 e. The van der Waals surface area contributed by atoms with Gasteiger partial charge >= 0.3 is 0 Å². The van der Waals surface area contributed by atoms with E-state index in [9.17, 15) is 4.79 Å². The molecule has 4 aromatic rings. The van der Waals surface area contributed by atoms with Gasteiger partial charge in [-0.3, -0.25) is 9.78 Å². The summed E-state index contributed by atoms with van der Waals surface area (Å²) in [7, 11) is 1.58. The van der Waals surface area contributed by atoms with Gasteiger partial charge in [-0.05, 0) is 86.6 Å². The fraction of sp³-hybridized carbons (Fsp3) is 0.241. The van der Waals surface area contributed by atoms with Crippen molar-refractivity contribution in [1.82, 2.24) is 19.9 Å². The molecule has 1 fully saturated rings. The summed E-state index contributed by atoms with van der Waals surface area (Å²) in [5.74, 6) is 1.26. The third-order valence-corrected chi connectivity index (χ3v) is 7.10. The van der Waals surface area contributed by atoms with E-state index in [2.05, 4.69) is 56.0 Å². The van der Waals surface area contributed by atoms with Crippen molar-refractivity contribution in [2.45, 2.75) is 39.8 Å². The van der Waals surface area contributed by atoms with E-state index in [-0.39, 0.29) is 18.0 Å². The van der Waals surface area contributed by atoms with Gasteiger partial charge in [0.05, 0.1) is 30.6 Å². The molecule has 0 radical (unpaired) electrons. The number of pyridine rings is 2. The molecule has 5 rings (SSSR count). The molecule has 1 aliphatic heterocycles. The molecule has 0 saturated carbocycles. The molecule has 1 aromatic carbocycles. The lowest BCUT2D eigenvalue weighted by Gasteiger charge is -2.29. The lowest BCUT2D eigenvalue weighted by atomic mass is 9.96. The zero-order chi connectivity index (χ0) is 27.0. The van der Waals surface area contributed by atoms with Crippen molar-refractivity contribution in [1.29, 1.82) is 0 Å². The van der Waals surface area contributed by atoms with Crippen molar-refractivity contribution in [3.63, 3.8) is 0 Å². The number of nitrogens with one attached hydrogen (secondary N) is 2. The maximum Gasteiger partial charge on any atom is 0.221 e. The molecule has 194 valence electrons. The average Bonchev–Trinajstić information content (AvgIpc) is 3.39. The fourth-order valence-corrected chi connectivity index (χ4v) is 5.46. The van der Waals surface area contributed by atoms with Gasteiger partial charge in [0.1, 0.15) is 11.6 Å². The largest absolute Gasteiger partial charge is 0.495 e. The number of methoxy groups -OCH3 is 1. The quantitative estimate of drug-likeness (QED) is 0.328. The third-order valence-electron chi connectivity index (χ3n) is 6.78. The highest BCUT2D eigenvalue weighted by molar-refractivity contribution is 7.80. The molecule has 0 aliphatic carbocycles. The predicted molar refractivity (Wildman–Crippen MR) is 153 cm³/mol. The number of nitrogens with zero attached hydrogens (tertiary/aromatic N) is 4. The summed E-state index contributed by atoms with van der Waals surface area (Å²) < 4.78 is 7.65. The normalized spacial score (nSPS) is 16.9. The van der Waals surface area contributed by atoms with Crippen LogP contribution in [0.2, 0.25) is 0 Å². The highest BCUT2D eigenvalue weighted by Gasteiger charge is 2.42. The van der Waals surface area contributed by atoms with E-state index < -0.39 is 0 Å². The maximum atomic E-state index is 11.9. The Morgan fingerprint density at radius 1 is 1.08 bits per heavy atom. The number of rotatable bonds is 6. The molecule has 9 heteroatoms. The number of anilines is 2. The van der Waals surface area contributed by atoms with Crippen LogP contribution in [0, 0.1) is 20.8 Å². The summed E-state index contributed by atoms with van der Waals surface area (Å²) in [6.45, 7) is 7.70. The molecule has 2 unspecified atom stereocenters. The fourth-order valence-electron chi connectivity index (χ4n) is 5.11. The second-order valence-electron chi connectivity index (χ2n) is 9.42. The number of hydrogen-bond donors (Lipinski definition) is 2. The Morgan fingerprint density at radius 2 is 1.89 bits per heavy atom. The molecule has 1 saturated heterocycles. The smallest absolute Gasteiger partial charge is 0.221 e. The van der Waals surface area contributed by atoms with Crippen molar-refractivity contribution in [2.75, 3.05) is 17.3 Å². The number of carbonyl (C=O) groups is 1. The summed E-state index contributed by atoms with van der Waals surface area (Å²) in [5.41, 5.74) is 6.64. The van der Waals surface area contributed by atoms with E-state index in [0.29, 0.717) is 16.5 Å². The Bertz CT molecular complexity index is 1500. The van der Waals surface area contributed by atoms with Gasteiger partial charge in [-0.25, -0.2) is 4.98 Å². The van der Waals surface area contributed by atoms with E-state index in [1.54, 1.807) is 13.3 Å². The van der Waals surface area contributed by atoms with Gasteiger partial charge in [-0.15, -0.1) is 0 Å². The van der Waals surface area contributed by atoms with Crippen LogP contribution in [0.3, 0.4) is 0 Å². The molecule has 1 aliphatic rings. The number of aryl methyl sites for hydroxylation is 2. The monoisotopic (exact) mass is 526 g/mol. The molecule has 0 bridgehead atoms. The van der Waals surface area contributed by atoms with Crippen molar-refractivity contribution in [3.8, 4) is 11.6 Å². The number of ether oxygens (including phenoxy) is 1. The summed E-state index contributed by atoms with van der Waals surface area (Å²) in [6, 6.07) is 17.5. The molecule has 0 spiro atoms. The standard InChI is InChI=1S/C29H30N6O2S/c1-17-9-12-26(31-16-17)34-18(2)14-22(19(34)3)28-27(23-8-6-7-13-30-23)33-29(38)35(28)21-10-11-25(37-5)24(15-21)32-20(4)36/h6-16,27-28H,1-5H3,(H,32,36)(H,33,38). The first-order chi connectivity index (χ1) is 18.3. The van der Waals surface area contributed by atoms with Crippen LogP contribution < -0.4 is 20.3 Å². The zero-order valence-corrected chi connectivity index (χ0v) is 22.8. The lowest BCUT2D eigenvalue weighted by molar-refractivity contribution is -0.114. The van der Waals surface area contributed by atoms with Gasteiger partial charge in [0.15, 0.2) is 5.11 Å². The molecular weight excluding hydrogens is 496 g/mol. The number of benzene rings is 1. The number of hydrogen-bond acceptors (Lipinski definition) is 5. The molecule has 1 amide bonds. The summed E-state index contributed by atoms with van der Waals surface area (Å²) in [5, 5.41) is 6.95. The van der Waals surface area contributed by atoms with Gasteiger partial charge in [0.25, 0.3) is 0 Å². The molecule has 2 atom stereocenters. The highest BCUT2D eigenvalue weighted by Crippen LogP contribution is 2.45. The first-order valence-corrected chi connectivity index (χ1v) is 12.8. The van der Waals surface area contributed by atoms with E-state index >= 15 is 0 Å². The molecule has 2 N–H and O–H groups in total. The Balaban J connectivity index is 1.67. The molecule has 3 aromatic heterocycles. The second kappa shape index (κ2) is 10.3. The van der Waals surface area contributed by atoms with Crippen LogP contribution in [-0.2, 0) is 4.79 Å². The lowest BCUT2D eigenvalue weighted by Crippen LogP contribution is -2.29. The SMILES string of the molecule is COc1ccc(N2C(=S)NC(c3ccccn3)C2c2cc(C)n(-c3ccc(C)cn3)c2C)cc1NC(C)=O. The van der Waals surface area contributed by atoms with E-state index in [0.717, 1.165) is 39.7 Å². The Morgan fingerprint density at radius 3 is 2.55 bits per heavy atom. The minimum atomic E-state index is -0.207. The van der Waals surface area contributed by atoms with Crippen LogP contribution in [0.5, 0.6) is 5.75 Å². The van der Waals surface area contributed by atoms with Gasteiger partial charge in [0, 0.05) is 36.4 Å². The topological polar surface area (TPSA) is 84.3 Å². The van der Waals surface area contributed by atoms with Crippen molar-refractivity contribution in [2.24, 2.45) is 0 Å². The number of carbonyl (C=O) groups excluding carboxylic acids is 1. The zero-order valence-electron chi connectivity index (χ0n) is 22.0. The predicted octanol–water partition coefficient (Wildman–Crippen LogP) is 5.34. The molecular formula is C29H30N6O2S. The molecule has 38 heavy (non-hydrogen) atoms. The van der Waals surface area contributed by atoms with Gasteiger partial charge in [-0.1, -0.05) is 12.1 Å². The first-order valence-electron chi connectivity index (χ1n) is 12.4. The molecule has 4 heterocycles. The summed E-state index contributed by atoms with van der Waals surface area (Å²) >= 11 is 5.91. The van der Waals surface area contributed by atoms with E-state index in [1.165, 1.54) is 6.92 Å². The number of aromatic nitrogens is 3. The van der Waals surface area contributed by atoms with Crippen LogP contribution in [0.15, 0.2) is 67.0 Å². The Kier molecular flexibility index (Phi) is 6.86. The van der Waals surface area contributed by atoms with Crippen LogP contribution in [0.25, 0.3) is 5.82 Å². The Hall–Kier alpha value is -4.24. The summed E-state index contributed by atoms with van der Waals surface area (Å²) in [6.07, 6.45) is 3.67. The minimum absolute atomic E-state index is 0.181. The molecule has 8 nitrogen and oxygen atoms in total.